The Balaban J connectivity index is 1.62. The van der Waals surface area contributed by atoms with E-state index in [0.717, 1.165) is 9.80 Å². The first kappa shape index (κ1) is 21.0. The number of benzene rings is 1. The predicted molar refractivity (Wildman–Crippen MR) is 102 cm³/mol. The maximum absolute atomic E-state index is 12.4. The van der Waals surface area contributed by atoms with Crippen molar-refractivity contribution in [3.63, 3.8) is 0 Å². The van der Waals surface area contributed by atoms with Crippen molar-refractivity contribution in [1.82, 2.24) is 19.9 Å². The van der Waals surface area contributed by atoms with Crippen molar-refractivity contribution in [1.29, 1.82) is 0 Å². The van der Waals surface area contributed by atoms with Crippen molar-refractivity contribution in [3.8, 4) is 5.75 Å². The van der Waals surface area contributed by atoms with Gasteiger partial charge in [-0.3, -0.25) is 19.3 Å². The number of nitrogens with one attached hydrogen (secondary N) is 1. The maximum Gasteiger partial charge on any atom is 0.334 e. The van der Waals surface area contributed by atoms with E-state index in [0.29, 0.717) is 11.4 Å². The summed E-state index contributed by atoms with van der Waals surface area (Å²) < 4.78 is 10.2. The van der Waals surface area contributed by atoms with Crippen LogP contribution in [0.15, 0.2) is 28.8 Å². The summed E-state index contributed by atoms with van der Waals surface area (Å²) in [5.41, 5.74) is 0.491. The zero-order valence-electron chi connectivity index (χ0n) is 16.7. The van der Waals surface area contributed by atoms with Crippen LogP contribution in [0.25, 0.3) is 0 Å². The third-order valence-electron chi connectivity index (χ3n) is 4.19. The van der Waals surface area contributed by atoms with Crippen molar-refractivity contribution >= 4 is 29.4 Å². The van der Waals surface area contributed by atoms with Gasteiger partial charge in [-0.2, -0.15) is 4.98 Å². The monoisotopic (exact) mass is 415 g/mol. The molecule has 30 heavy (non-hydrogen) atoms. The van der Waals surface area contributed by atoms with Gasteiger partial charge in [-0.25, -0.2) is 9.69 Å². The van der Waals surface area contributed by atoms with Crippen molar-refractivity contribution in [2.75, 3.05) is 19.0 Å². The zero-order chi connectivity index (χ0) is 21.8. The molecular weight excluding hydrogens is 394 g/mol. The third kappa shape index (κ3) is 4.45. The number of ether oxygens (including phenoxy) is 1. The first-order chi connectivity index (χ1) is 14.3. The van der Waals surface area contributed by atoms with Crippen LogP contribution in [0.4, 0.5) is 10.5 Å². The molecule has 1 aromatic heterocycles. The number of urea groups is 1. The van der Waals surface area contributed by atoms with Gasteiger partial charge in [0.25, 0.3) is 0 Å². The second-order valence-electron chi connectivity index (χ2n) is 7.01. The molecule has 2 heterocycles. The third-order valence-corrected chi connectivity index (χ3v) is 4.19. The lowest BCUT2D eigenvalue weighted by atomic mass is 10.2. The van der Waals surface area contributed by atoms with Crippen LogP contribution in [-0.2, 0) is 27.3 Å². The molecule has 1 fully saturated rings. The molecule has 0 bridgehead atoms. The molecule has 1 aliphatic heterocycles. The second-order valence-corrected chi connectivity index (χ2v) is 7.01. The summed E-state index contributed by atoms with van der Waals surface area (Å²) in [7, 11) is 1.49. The molecule has 0 atom stereocenters. The van der Waals surface area contributed by atoms with Gasteiger partial charge < -0.3 is 14.6 Å². The molecule has 158 valence electrons. The molecule has 5 amide bonds. The van der Waals surface area contributed by atoms with Gasteiger partial charge in [-0.1, -0.05) is 31.1 Å². The highest BCUT2D eigenvalue weighted by Crippen LogP contribution is 2.23. The van der Waals surface area contributed by atoms with Gasteiger partial charge in [0, 0.05) is 6.54 Å². The molecule has 1 aromatic carbocycles. The average molecular weight is 415 g/mol. The van der Waals surface area contributed by atoms with Crippen molar-refractivity contribution in [3.05, 3.63) is 36.0 Å². The number of methoxy groups -OCH3 is 1. The van der Waals surface area contributed by atoms with Crippen molar-refractivity contribution in [2.45, 2.75) is 26.8 Å². The smallest absolute Gasteiger partial charge is 0.334 e. The highest BCUT2D eigenvalue weighted by Gasteiger charge is 2.45. The highest BCUT2D eigenvalue weighted by molar-refractivity contribution is 6.44. The minimum atomic E-state index is -0.950. The molecule has 0 unspecified atom stereocenters. The highest BCUT2D eigenvalue weighted by atomic mass is 16.5. The van der Waals surface area contributed by atoms with Crippen molar-refractivity contribution in [2.24, 2.45) is 5.92 Å². The number of imide groups is 2. The normalized spacial score (nSPS) is 14.1. The fourth-order valence-corrected chi connectivity index (χ4v) is 2.86. The Bertz CT molecular complexity index is 985. The standard InChI is InChI=1S/C19H21N5O6/c1-11(2)9-23-17(26)18(27)24(19(23)28)10-16-21-14(22-30-16)8-15(25)20-12-6-4-5-7-13(12)29-3/h4-7,11H,8-10H2,1-3H3,(H,20,25). The van der Waals surface area contributed by atoms with E-state index in [4.69, 9.17) is 9.26 Å². The molecule has 0 radical (unpaired) electrons. The Morgan fingerprint density at radius 1 is 1.17 bits per heavy atom. The molecule has 11 heteroatoms. The summed E-state index contributed by atoms with van der Waals surface area (Å²) in [6, 6.07) is 6.18. The Morgan fingerprint density at radius 2 is 1.87 bits per heavy atom. The molecule has 3 rings (SSSR count). The van der Waals surface area contributed by atoms with E-state index in [1.165, 1.54) is 7.11 Å². The molecule has 11 nitrogen and oxygen atoms in total. The Morgan fingerprint density at radius 3 is 2.57 bits per heavy atom. The lowest BCUT2D eigenvalue weighted by molar-refractivity contribution is -0.143. The maximum atomic E-state index is 12.4. The lowest BCUT2D eigenvalue weighted by Gasteiger charge is -2.15. The van der Waals surface area contributed by atoms with E-state index in [-0.39, 0.29) is 37.1 Å². The average Bonchev–Trinajstić information content (AvgIpc) is 3.22. The van der Waals surface area contributed by atoms with Crippen molar-refractivity contribution < 1.29 is 28.4 Å². The largest absolute Gasteiger partial charge is 0.495 e. The molecule has 0 aliphatic carbocycles. The van der Waals surface area contributed by atoms with Crippen LogP contribution in [0.3, 0.4) is 0 Å². The summed E-state index contributed by atoms with van der Waals surface area (Å²) in [5.74, 6) is -1.71. The van der Waals surface area contributed by atoms with Gasteiger partial charge in [0.05, 0.1) is 19.2 Å². The number of carbonyl (C=O) groups excluding carboxylic acids is 4. The fraction of sp³-hybridized carbons (Fsp3) is 0.368. The first-order valence-electron chi connectivity index (χ1n) is 9.21. The van der Waals surface area contributed by atoms with Gasteiger partial charge in [0.15, 0.2) is 5.82 Å². The van der Waals surface area contributed by atoms with E-state index < -0.39 is 23.8 Å². The fourth-order valence-electron chi connectivity index (χ4n) is 2.86. The van der Waals surface area contributed by atoms with E-state index in [1.807, 2.05) is 13.8 Å². The van der Waals surface area contributed by atoms with Gasteiger partial charge >= 0.3 is 17.8 Å². The second kappa shape index (κ2) is 8.72. The van der Waals surface area contributed by atoms with E-state index in [1.54, 1.807) is 24.3 Å². The van der Waals surface area contributed by atoms with Gasteiger partial charge in [0.2, 0.25) is 11.8 Å². The summed E-state index contributed by atoms with van der Waals surface area (Å²) in [6.07, 6.45) is -0.193. The van der Waals surface area contributed by atoms with E-state index >= 15 is 0 Å². The number of hydrogen-bond acceptors (Lipinski definition) is 8. The number of rotatable bonds is 8. The van der Waals surface area contributed by atoms with Crippen LogP contribution in [0.2, 0.25) is 0 Å². The summed E-state index contributed by atoms with van der Waals surface area (Å²) in [4.78, 5) is 54.4. The summed E-state index contributed by atoms with van der Waals surface area (Å²) >= 11 is 0. The molecule has 1 saturated heterocycles. The number of nitrogens with zero attached hydrogens (tertiary/aromatic N) is 4. The Hall–Kier alpha value is -3.76. The first-order valence-corrected chi connectivity index (χ1v) is 9.21. The van der Waals surface area contributed by atoms with Gasteiger partial charge in [-0.05, 0) is 18.1 Å². The quantitative estimate of drug-likeness (QED) is 0.502. The number of hydrogen-bond donors (Lipinski definition) is 1. The predicted octanol–water partition coefficient (Wildman–Crippen LogP) is 1.21. The molecule has 2 aromatic rings. The van der Waals surface area contributed by atoms with Crippen LogP contribution in [0, 0.1) is 5.92 Å². The molecule has 0 saturated carbocycles. The summed E-state index contributed by atoms with van der Waals surface area (Å²) in [5, 5.41) is 6.37. The molecule has 1 aliphatic rings. The van der Waals surface area contributed by atoms with Crippen LogP contribution >= 0.6 is 0 Å². The number of amides is 5. The van der Waals surface area contributed by atoms with Crippen LogP contribution in [-0.4, -0.2) is 57.3 Å². The number of aromatic nitrogens is 2. The minimum Gasteiger partial charge on any atom is -0.495 e. The summed E-state index contributed by atoms with van der Waals surface area (Å²) in [6.45, 7) is 3.44. The molecular formula is C19H21N5O6. The molecule has 0 spiro atoms. The van der Waals surface area contributed by atoms with Crippen LogP contribution < -0.4 is 10.1 Å². The number of para-hydroxylation sites is 2. The Labute approximate surface area is 172 Å². The minimum absolute atomic E-state index is 0.0161. The van der Waals surface area contributed by atoms with E-state index in [9.17, 15) is 19.2 Å². The van der Waals surface area contributed by atoms with Gasteiger partial charge in [0.1, 0.15) is 12.3 Å². The zero-order valence-corrected chi connectivity index (χ0v) is 16.7. The molecule has 1 N–H and O–H groups in total. The Kier molecular flexibility index (Phi) is 6.09. The van der Waals surface area contributed by atoms with E-state index in [2.05, 4.69) is 15.5 Å². The topological polar surface area (TPSA) is 135 Å². The van der Waals surface area contributed by atoms with Crippen LogP contribution in [0.5, 0.6) is 5.75 Å². The lowest BCUT2D eigenvalue weighted by Crippen LogP contribution is -2.35. The number of anilines is 1. The SMILES string of the molecule is COc1ccccc1NC(=O)Cc1noc(CN2C(=O)C(=O)N(CC(C)C)C2=O)n1. The van der Waals surface area contributed by atoms with Gasteiger partial charge in [-0.15, -0.1) is 0 Å². The number of carbonyl (C=O) groups is 4. The van der Waals surface area contributed by atoms with Crippen LogP contribution in [0.1, 0.15) is 25.6 Å².